The summed E-state index contributed by atoms with van der Waals surface area (Å²) in [5.41, 5.74) is 7.19. The van der Waals surface area contributed by atoms with Gasteiger partial charge in [-0.05, 0) is 48.7 Å². The van der Waals surface area contributed by atoms with Crippen LogP contribution in [-0.2, 0) is 0 Å². The first-order valence-electron chi connectivity index (χ1n) is 6.63. The van der Waals surface area contributed by atoms with Gasteiger partial charge in [0.25, 0.3) is 0 Å². The molecule has 0 aliphatic heterocycles. The van der Waals surface area contributed by atoms with Crippen LogP contribution in [0.4, 0.5) is 10.1 Å². The van der Waals surface area contributed by atoms with Gasteiger partial charge in [0.05, 0.1) is 6.10 Å². The molecule has 0 bridgehead atoms. The maximum atomic E-state index is 13.3. The lowest BCUT2D eigenvalue weighted by Crippen LogP contribution is -2.04. The zero-order valence-corrected chi connectivity index (χ0v) is 10.9. The molecule has 0 radical (unpaired) electrons. The van der Waals surface area contributed by atoms with Gasteiger partial charge in [0.1, 0.15) is 17.7 Å². The molecule has 0 saturated heterocycles. The van der Waals surface area contributed by atoms with E-state index in [0.29, 0.717) is 22.9 Å². The van der Waals surface area contributed by atoms with Gasteiger partial charge in [0, 0.05) is 11.3 Å². The largest absolute Gasteiger partial charge is 0.490 e. The Labute approximate surface area is 116 Å². The van der Waals surface area contributed by atoms with E-state index in [1.165, 1.54) is 18.2 Å². The molecule has 1 fully saturated rings. The van der Waals surface area contributed by atoms with Gasteiger partial charge < -0.3 is 15.6 Å². The van der Waals surface area contributed by atoms with Gasteiger partial charge in [-0.1, -0.05) is 12.1 Å². The van der Waals surface area contributed by atoms with Gasteiger partial charge in [-0.25, -0.2) is 4.39 Å². The van der Waals surface area contributed by atoms with Crippen LogP contribution in [0.15, 0.2) is 42.5 Å². The van der Waals surface area contributed by atoms with Crippen molar-refractivity contribution in [2.75, 3.05) is 5.73 Å². The molecule has 3 N–H and O–H groups in total. The Morgan fingerprint density at radius 1 is 1.15 bits per heavy atom. The van der Waals surface area contributed by atoms with Crippen LogP contribution >= 0.6 is 0 Å². The van der Waals surface area contributed by atoms with E-state index in [9.17, 15) is 9.50 Å². The summed E-state index contributed by atoms with van der Waals surface area (Å²) in [5, 5.41) is 10.3. The maximum absolute atomic E-state index is 13.3. The first-order chi connectivity index (χ1) is 9.63. The number of nitrogens with two attached hydrogens (primary N) is 1. The van der Waals surface area contributed by atoms with Crippen molar-refractivity contribution in [1.29, 1.82) is 0 Å². The molecule has 2 aromatic rings. The summed E-state index contributed by atoms with van der Waals surface area (Å²) in [6, 6.07) is 11.2. The molecular formula is C16H16FNO2. The van der Waals surface area contributed by atoms with E-state index in [1.54, 1.807) is 12.1 Å². The van der Waals surface area contributed by atoms with Crippen molar-refractivity contribution >= 4 is 5.69 Å². The fourth-order valence-electron chi connectivity index (χ4n) is 2.07. The smallest absolute Gasteiger partial charge is 0.123 e. The average molecular weight is 273 g/mol. The van der Waals surface area contributed by atoms with Gasteiger partial charge in [-0.3, -0.25) is 0 Å². The molecule has 0 aromatic heterocycles. The van der Waals surface area contributed by atoms with E-state index in [2.05, 4.69) is 0 Å². The molecule has 104 valence electrons. The molecule has 1 atom stereocenters. The van der Waals surface area contributed by atoms with Crippen molar-refractivity contribution in [3.05, 3.63) is 59.4 Å². The average Bonchev–Trinajstić information content (AvgIpc) is 3.26. The third kappa shape index (κ3) is 2.75. The monoisotopic (exact) mass is 273 g/mol. The lowest BCUT2D eigenvalue weighted by Gasteiger charge is -2.14. The Balaban J connectivity index is 1.81. The number of nitrogen functional groups attached to an aromatic ring is 1. The van der Waals surface area contributed by atoms with Crippen molar-refractivity contribution in [2.45, 2.75) is 25.0 Å². The van der Waals surface area contributed by atoms with E-state index >= 15 is 0 Å². The molecule has 4 heteroatoms. The van der Waals surface area contributed by atoms with Crippen molar-refractivity contribution in [2.24, 2.45) is 0 Å². The van der Waals surface area contributed by atoms with E-state index in [1.807, 2.05) is 12.1 Å². The van der Waals surface area contributed by atoms with E-state index in [-0.39, 0.29) is 0 Å². The highest BCUT2D eigenvalue weighted by atomic mass is 19.1. The molecule has 0 heterocycles. The van der Waals surface area contributed by atoms with Crippen LogP contribution in [0, 0.1) is 5.82 Å². The van der Waals surface area contributed by atoms with Crippen LogP contribution in [0.3, 0.4) is 0 Å². The van der Waals surface area contributed by atoms with Crippen molar-refractivity contribution in [3.8, 4) is 5.75 Å². The van der Waals surface area contributed by atoms with Crippen LogP contribution in [0.25, 0.3) is 0 Å². The fourth-order valence-corrected chi connectivity index (χ4v) is 2.07. The number of aliphatic hydroxyl groups excluding tert-OH is 1. The fraction of sp³-hybridized carbons (Fsp3) is 0.250. The summed E-state index contributed by atoms with van der Waals surface area (Å²) >= 11 is 0. The Hall–Kier alpha value is -2.07. The number of aliphatic hydroxyl groups is 1. The lowest BCUT2D eigenvalue weighted by atomic mass is 10.00. The number of hydrogen-bond acceptors (Lipinski definition) is 3. The Morgan fingerprint density at radius 2 is 1.85 bits per heavy atom. The van der Waals surface area contributed by atoms with Crippen LogP contribution in [-0.4, -0.2) is 11.2 Å². The Morgan fingerprint density at radius 3 is 2.50 bits per heavy atom. The summed E-state index contributed by atoms with van der Waals surface area (Å²) in [4.78, 5) is 0. The quantitative estimate of drug-likeness (QED) is 0.842. The highest BCUT2D eigenvalue weighted by Gasteiger charge is 2.23. The van der Waals surface area contributed by atoms with E-state index in [4.69, 9.17) is 10.5 Å². The number of ether oxygens (including phenoxy) is 1. The molecular weight excluding hydrogens is 257 g/mol. The standard InChI is InChI=1S/C16H16FNO2/c17-11-3-8-15(18)14(9-11)16(19)10-1-4-12(5-2-10)20-13-6-7-13/h1-5,8-9,13,16,19H,6-7,18H2. The second kappa shape index (κ2) is 5.13. The molecule has 0 spiro atoms. The summed E-state index contributed by atoms with van der Waals surface area (Å²) in [6.45, 7) is 0. The van der Waals surface area contributed by atoms with Crippen LogP contribution in [0.1, 0.15) is 30.1 Å². The van der Waals surface area contributed by atoms with Crippen LogP contribution < -0.4 is 10.5 Å². The van der Waals surface area contributed by atoms with Crippen molar-refractivity contribution < 1.29 is 14.2 Å². The number of rotatable bonds is 4. The Kier molecular flexibility index (Phi) is 3.32. The van der Waals surface area contributed by atoms with Gasteiger partial charge >= 0.3 is 0 Å². The SMILES string of the molecule is Nc1ccc(F)cc1C(O)c1ccc(OC2CC2)cc1. The Bertz CT molecular complexity index is 608. The van der Waals surface area contributed by atoms with E-state index < -0.39 is 11.9 Å². The number of anilines is 1. The highest BCUT2D eigenvalue weighted by Crippen LogP contribution is 2.30. The predicted molar refractivity (Wildman–Crippen MR) is 75.0 cm³/mol. The summed E-state index contributed by atoms with van der Waals surface area (Å²) in [7, 11) is 0. The molecule has 1 unspecified atom stereocenters. The minimum atomic E-state index is -0.944. The van der Waals surface area contributed by atoms with Gasteiger partial charge in [0.15, 0.2) is 0 Å². The second-order valence-corrected chi connectivity index (χ2v) is 5.06. The third-order valence-corrected chi connectivity index (χ3v) is 3.37. The van der Waals surface area contributed by atoms with Crippen LogP contribution in [0.2, 0.25) is 0 Å². The van der Waals surface area contributed by atoms with Gasteiger partial charge in [-0.15, -0.1) is 0 Å². The molecule has 3 nitrogen and oxygen atoms in total. The first-order valence-corrected chi connectivity index (χ1v) is 6.63. The molecule has 1 aliphatic carbocycles. The molecule has 1 saturated carbocycles. The molecule has 20 heavy (non-hydrogen) atoms. The van der Waals surface area contributed by atoms with Crippen LogP contribution in [0.5, 0.6) is 5.75 Å². The summed E-state index contributed by atoms with van der Waals surface area (Å²) in [5.74, 6) is 0.373. The zero-order valence-electron chi connectivity index (χ0n) is 10.9. The summed E-state index contributed by atoms with van der Waals surface area (Å²) < 4.78 is 18.9. The topological polar surface area (TPSA) is 55.5 Å². The molecule has 0 amide bonds. The number of hydrogen-bond donors (Lipinski definition) is 2. The maximum Gasteiger partial charge on any atom is 0.123 e. The van der Waals surface area contributed by atoms with E-state index in [0.717, 1.165) is 18.6 Å². The highest BCUT2D eigenvalue weighted by molar-refractivity contribution is 5.51. The number of benzene rings is 2. The van der Waals surface area contributed by atoms with Gasteiger partial charge in [-0.2, -0.15) is 0 Å². The lowest BCUT2D eigenvalue weighted by molar-refractivity contribution is 0.220. The summed E-state index contributed by atoms with van der Waals surface area (Å²) in [6.07, 6.45) is 1.60. The first kappa shape index (κ1) is 12.9. The molecule has 1 aliphatic rings. The minimum Gasteiger partial charge on any atom is -0.490 e. The van der Waals surface area contributed by atoms with Crippen molar-refractivity contribution in [3.63, 3.8) is 0 Å². The van der Waals surface area contributed by atoms with Gasteiger partial charge in [0.2, 0.25) is 0 Å². The zero-order chi connectivity index (χ0) is 14.1. The molecule has 2 aromatic carbocycles. The minimum absolute atomic E-state index is 0.338. The molecule has 3 rings (SSSR count). The normalized spacial score (nSPS) is 15.9. The van der Waals surface area contributed by atoms with Crippen molar-refractivity contribution in [1.82, 2.24) is 0 Å². The number of halogens is 1. The predicted octanol–water partition coefficient (Wildman–Crippen LogP) is 3.03. The third-order valence-electron chi connectivity index (χ3n) is 3.37. The second-order valence-electron chi connectivity index (χ2n) is 5.06.